The van der Waals surface area contributed by atoms with E-state index in [4.69, 9.17) is 11.8 Å². The highest BCUT2D eigenvalue weighted by molar-refractivity contribution is 7.17. The number of halogens is 1. The van der Waals surface area contributed by atoms with Crippen LogP contribution < -0.4 is 15.1 Å². The summed E-state index contributed by atoms with van der Waals surface area (Å²) < 4.78 is 5.76. The summed E-state index contributed by atoms with van der Waals surface area (Å²) in [5.41, 5.74) is 1.53. The number of amides is 1. The summed E-state index contributed by atoms with van der Waals surface area (Å²) in [5, 5.41) is 6.98. The van der Waals surface area contributed by atoms with Crippen LogP contribution in [0.1, 0.15) is 53.2 Å². The van der Waals surface area contributed by atoms with Crippen molar-refractivity contribution >= 4 is 57.4 Å². The van der Waals surface area contributed by atoms with E-state index in [2.05, 4.69) is 30.3 Å². The highest BCUT2D eigenvalue weighted by Gasteiger charge is 2.20. The monoisotopic (exact) mass is 516 g/mol. The second-order valence-corrected chi connectivity index (χ2v) is 9.25. The van der Waals surface area contributed by atoms with Crippen LogP contribution in [0, 0.1) is 13.8 Å². The predicted molar refractivity (Wildman–Crippen MR) is 140 cm³/mol. The first-order valence-electron chi connectivity index (χ1n) is 11.3. The third kappa shape index (κ3) is 7.90. The Labute approximate surface area is 214 Å². The van der Waals surface area contributed by atoms with Gasteiger partial charge in [-0.05, 0) is 38.3 Å². The normalized spacial score (nSPS) is 10.6. The van der Waals surface area contributed by atoms with Crippen molar-refractivity contribution in [2.75, 3.05) is 28.7 Å². The minimum absolute atomic E-state index is 0.164. The van der Waals surface area contributed by atoms with E-state index >= 15 is 0 Å². The number of anilines is 4. The molecule has 2 heterocycles. The van der Waals surface area contributed by atoms with Gasteiger partial charge in [0.15, 0.2) is 5.13 Å². The van der Waals surface area contributed by atoms with E-state index in [0.717, 1.165) is 42.2 Å². The zero-order chi connectivity index (χ0) is 25.2. The summed E-state index contributed by atoms with van der Waals surface area (Å²) in [6.07, 6.45) is 5.73. The summed E-state index contributed by atoms with van der Waals surface area (Å²) in [4.78, 5) is 37.5. The van der Waals surface area contributed by atoms with Gasteiger partial charge in [-0.2, -0.15) is 0 Å². The van der Waals surface area contributed by atoms with Crippen molar-refractivity contribution in [2.24, 2.45) is 0 Å². The van der Waals surface area contributed by atoms with Gasteiger partial charge in [-0.1, -0.05) is 42.4 Å². The van der Waals surface area contributed by atoms with Crippen LogP contribution in [-0.2, 0) is 9.53 Å². The summed E-state index contributed by atoms with van der Waals surface area (Å²) in [6, 6.07) is 9.21. The van der Waals surface area contributed by atoms with Gasteiger partial charge in [0.05, 0.1) is 19.0 Å². The number of benzene rings is 1. The third-order valence-electron chi connectivity index (χ3n) is 5.14. The van der Waals surface area contributed by atoms with Crippen LogP contribution in [0.25, 0.3) is 0 Å². The minimum atomic E-state index is -0.348. The number of nitrogens with one attached hydrogen (secondary N) is 2. The maximum absolute atomic E-state index is 12.8. The fourth-order valence-electron chi connectivity index (χ4n) is 3.32. The number of rotatable bonds is 12. The van der Waals surface area contributed by atoms with E-state index in [0.29, 0.717) is 39.6 Å². The maximum Gasteiger partial charge on any atom is 0.305 e. The molecule has 0 aliphatic carbocycles. The molecule has 0 spiro atoms. The second-order valence-electron chi connectivity index (χ2n) is 7.88. The van der Waals surface area contributed by atoms with Gasteiger partial charge in [0.1, 0.15) is 22.3 Å². The lowest BCUT2D eigenvalue weighted by atomic mass is 10.1. The van der Waals surface area contributed by atoms with Gasteiger partial charge in [0, 0.05) is 30.8 Å². The lowest BCUT2D eigenvalue weighted by Gasteiger charge is -2.14. The molecule has 2 N–H and O–H groups in total. The molecule has 0 unspecified atom stereocenters. The van der Waals surface area contributed by atoms with E-state index in [1.807, 2.05) is 32.0 Å². The standard InChI is InChI=1S/C24H29ClN6O3S/c1-16-10-7-8-11-18(16)31(25)23(33)19-15-27-24(35-19)30-21-14-20(28-17(2)29-21)26-13-9-5-4-6-12-22(32)34-3/h7-8,10-11,14-15H,4-6,9,12-13H2,1-3H3,(H2,26,27,28,29,30). The number of aryl methyl sites for hydroxylation is 2. The SMILES string of the molecule is COC(=O)CCCCCCNc1cc(Nc2ncc(C(=O)N(Cl)c3ccccc3C)s2)nc(C)n1. The molecule has 2 aromatic heterocycles. The molecular formula is C24H29ClN6O3S. The number of thiazole rings is 1. The molecule has 35 heavy (non-hydrogen) atoms. The number of methoxy groups -OCH3 is 1. The number of hydrogen-bond acceptors (Lipinski definition) is 9. The van der Waals surface area contributed by atoms with Crippen molar-refractivity contribution in [1.29, 1.82) is 0 Å². The molecule has 1 aromatic carbocycles. The summed E-state index contributed by atoms with van der Waals surface area (Å²) in [5.74, 6) is 1.37. The van der Waals surface area contributed by atoms with Crippen molar-refractivity contribution in [2.45, 2.75) is 46.0 Å². The number of para-hydroxylation sites is 1. The molecule has 0 radical (unpaired) electrons. The molecule has 186 valence electrons. The van der Waals surface area contributed by atoms with Crippen molar-refractivity contribution in [3.8, 4) is 0 Å². The van der Waals surface area contributed by atoms with Crippen LogP contribution in [0.5, 0.6) is 0 Å². The Bertz CT molecular complexity index is 1160. The molecule has 3 aromatic rings. The summed E-state index contributed by atoms with van der Waals surface area (Å²) >= 11 is 7.51. The van der Waals surface area contributed by atoms with Crippen LogP contribution >= 0.6 is 23.1 Å². The van der Waals surface area contributed by atoms with Crippen LogP contribution in [0.4, 0.5) is 22.5 Å². The molecule has 0 bridgehead atoms. The van der Waals surface area contributed by atoms with Gasteiger partial charge < -0.3 is 15.4 Å². The fraction of sp³-hybridized carbons (Fsp3) is 0.375. The molecule has 0 aliphatic rings. The number of ether oxygens (including phenoxy) is 1. The van der Waals surface area contributed by atoms with Gasteiger partial charge in [-0.3, -0.25) is 9.59 Å². The average molecular weight is 517 g/mol. The summed E-state index contributed by atoms with van der Waals surface area (Å²) in [6.45, 7) is 4.47. The molecule has 1 amide bonds. The van der Waals surface area contributed by atoms with E-state index in [1.54, 1.807) is 12.1 Å². The first-order valence-corrected chi connectivity index (χ1v) is 12.5. The largest absolute Gasteiger partial charge is 0.469 e. The number of carbonyl (C=O) groups is 2. The molecule has 11 heteroatoms. The zero-order valence-corrected chi connectivity index (χ0v) is 21.6. The second kappa shape index (κ2) is 13.0. The molecule has 9 nitrogen and oxygen atoms in total. The lowest BCUT2D eigenvalue weighted by Crippen LogP contribution is -2.20. The van der Waals surface area contributed by atoms with Gasteiger partial charge >= 0.3 is 5.97 Å². The topological polar surface area (TPSA) is 109 Å². The number of aromatic nitrogens is 3. The molecule has 0 saturated carbocycles. The van der Waals surface area contributed by atoms with E-state index in [1.165, 1.54) is 24.6 Å². The number of carbonyl (C=O) groups excluding carboxylic acids is 2. The van der Waals surface area contributed by atoms with Crippen molar-refractivity contribution < 1.29 is 14.3 Å². The molecule has 0 atom stereocenters. The molecule has 3 rings (SSSR count). The fourth-order valence-corrected chi connectivity index (χ4v) is 4.40. The Balaban J connectivity index is 1.53. The minimum Gasteiger partial charge on any atom is -0.469 e. The molecule has 0 saturated heterocycles. The first-order chi connectivity index (χ1) is 16.9. The van der Waals surface area contributed by atoms with E-state index < -0.39 is 0 Å². The third-order valence-corrected chi connectivity index (χ3v) is 6.37. The average Bonchev–Trinajstić information content (AvgIpc) is 3.30. The Hall–Kier alpha value is -3.24. The Kier molecular flexibility index (Phi) is 9.80. The lowest BCUT2D eigenvalue weighted by molar-refractivity contribution is -0.140. The highest BCUT2D eigenvalue weighted by atomic mass is 35.5. The van der Waals surface area contributed by atoms with E-state index in [9.17, 15) is 9.59 Å². The van der Waals surface area contributed by atoms with Crippen molar-refractivity contribution in [3.63, 3.8) is 0 Å². The Morgan fingerprint density at radius 1 is 1.09 bits per heavy atom. The quantitative estimate of drug-likeness (QED) is 0.181. The smallest absolute Gasteiger partial charge is 0.305 e. The van der Waals surface area contributed by atoms with Crippen LogP contribution in [0.3, 0.4) is 0 Å². The van der Waals surface area contributed by atoms with Crippen LogP contribution in [-0.4, -0.2) is 40.5 Å². The van der Waals surface area contributed by atoms with Crippen LogP contribution in [0.2, 0.25) is 0 Å². The highest BCUT2D eigenvalue weighted by Crippen LogP contribution is 2.28. The molecule has 0 aliphatic heterocycles. The van der Waals surface area contributed by atoms with Gasteiger partial charge in [0.2, 0.25) is 0 Å². The Morgan fingerprint density at radius 2 is 1.83 bits per heavy atom. The predicted octanol–water partition coefficient (Wildman–Crippen LogP) is 5.63. The number of hydrogen-bond donors (Lipinski definition) is 2. The summed E-state index contributed by atoms with van der Waals surface area (Å²) in [7, 11) is 1.41. The first kappa shape index (κ1) is 26.4. The van der Waals surface area contributed by atoms with E-state index in [-0.39, 0.29) is 11.9 Å². The number of esters is 1. The van der Waals surface area contributed by atoms with Gasteiger partial charge in [-0.15, -0.1) is 0 Å². The number of unbranched alkanes of at least 4 members (excludes halogenated alkanes) is 3. The number of nitrogens with zero attached hydrogens (tertiary/aromatic N) is 4. The zero-order valence-electron chi connectivity index (χ0n) is 20.0. The molecule has 0 fully saturated rings. The van der Waals surface area contributed by atoms with Crippen molar-refractivity contribution in [1.82, 2.24) is 15.0 Å². The van der Waals surface area contributed by atoms with Crippen molar-refractivity contribution in [3.05, 3.63) is 52.8 Å². The maximum atomic E-state index is 12.8. The van der Waals surface area contributed by atoms with Crippen LogP contribution in [0.15, 0.2) is 36.5 Å². The molecular weight excluding hydrogens is 488 g/mol. The van der Waals surface area contributed by atoms with Gasteiger partial charge in [0.25, 0.3) is 5.91 Å². The Morgan fingerprint density at radius 3 is 2.60 bits per heavy atom. The van der Waals surface area contributed by atoms with Gasteiger partial charge in [-0.25, -0.2) is 19.4 Å².